The lowest BCUT2D eigenvalue weighted by Gasteiger charge is -2.22. The molecule has 0 N–H and O–H groups in total. The largest absolute Gasteiger partial charge is 0.373 e. The van der Waals surface area contributed by atoms with Gasteiger partial charge in [0.25, 0.3) is 0 Å². The molecule has 3 atom stereocenters. The highest BCUT2D eigenvalue weighted by atomic mass is 35.5. The number of rotatable bonds is 3. The first-order chi connectivity index (χ1) is 9.36. The number of alkyl halides is 1. The van der Waals surface area contributed by atoms with Crippen molar-refractivity contribution in [3.63, 3.8) is 0 Å². The van der Waals surface area contributed by atoms with Crippen LogP contribution in [0.15, 0.2) is 18.3 Å². The van der Waals surface area contributed by atoms with Crippen LogP contribution >= 0.6 is 11.6 Å². The topological polar surface area (TPSA) is 39.9 Å². The molecule has 5 heteroatoms. The Bertz CT molecular complexity index is 612. The second kappa shape index (κ2) is 4.46. The maximum atomic E-state index is 5.98. The van der Waals surface area contributed by atoms with Crippen LogP contribution in [0.2, 0.25) is 0 Å². The molecule has 0 aliphatic carbocycles. The predicted octanol–water partition coefficient (Wildman–Crippen LogP) is 2.71. The summed E-state index contributed by atoms with van der Waals surface area (Å²) >= 11 is 5.92. The van der Waals surface area contributed by atoms with Gasteiger partial charge in [-0.3, -0.25) is 0 Å². The van der Waals surface area contributed by atoms with E-state index in [2.05, 4.69) is 9.55 Å². The van der Waals surface area contributed by atoms with E-state index in [9.17, 15) is 0 Å². The molecule has 0 radical (unpaired) electrons. The Morgan fingerprint density at radius 1 is 1.42 bits per heavy atom. The Morgan fingerprint density at radius 2 is 2.37 bits per heavy atom. The average molecular weight is 278 g/mol. The maximum absolute atomic E-state index is 5.98. The highest BCUT2D eigenvalue weighted by Gasteiger charge is 2.43. The van der Waals surface area contributed by atoms with Gasteiger partial charge in [0, 0.05) is 18.5 Å². The third-order valence-electron chi connectivity index (χ3n) is 4.25. The molecular weight excluding hydrogens is 262 g/mol. The molecular formula is C14H16ClN3O. The SMILES string of the molecule is ClCCc1nc2cccnc2n1C1CC2CCC1O2. The molecule has 2 saturated heterocycles. The monoisotopic (exact) mass is 277 g/mol. The van der Waals surface area contributed by atoms with Gasteiger partial charge in [0.05, 0.1) is 18.2 Å². The zero-order chi connectivity index (χ0) is 12.8. The molecule has 2 aromatic rings. The number of ether oxygens (including phenoxy) is 1. The summed E-state index contributed by atoms with van der Waals surface area (Å²) in [5.41, 5.74) is 1.94. The molecule has 3 unspecified atom stereocenters. The first-order valence-corrected chi connectivity index (χ1v) is 7.43. The number of imidazole rings is 1. The second-order valence-electron chi connectivity index (χ2n) is 5.36. The number of halogens is 1. The first-order valence-electron chi connectivity index (χ1n) is 6.90. The van der Waals surface area contributed by atoms with Gasteiger partial charge in [-0.1, -0.05) is 0 Å². The van der Waals surface area contributed by atoms with Gasteiger partial charge in [0.15, 0.2) is 5.65 Å². The molecule has 4 heterocycles. The molecule has 2 bridgehead atoms. The summed E-state index contributed by atoms with van der Waals surface area (Å²) in [5, 5.41) is 0. The smallest absolute Gasteiger partial charge is 0.160 e. The summed E-state index contributed by atoms with van der Waals surface area (Å²) < 4.78 is 8.26. The number of aromatic nitrogens is 3. The van der Waals surface area contributed by atoms with E-state index < -0.39 is 0 Å². The highest BCUT2D eigenvalue weighted by Crippen LogP contribution is 2.43. The molecule has 4 nitrogen and oxygen atoms in total. The van der Waals surface area contributed by atoms with Crippen molar-refractivity contribution in [1.29, 1.82) is 0 Å². The van der Waals surface area contributed by atoms with Gasteiger partial charge in [0.2, 0.25) is 0 Å². The van der Waals surface area contributed by atoms with Crippen molar-refractivity contribution in [3.05, 3.63) is 24.2 Å². The van der Waals surface area contributed by atoms with Crippen LogP contribution in [0.25, 0.3) is 11.2 Å². The maximum Gasteiger partial charge on any atom is 0.160 e. The summed E-state index contributed by atoms with van der Waals surface area (Å²) in [6.45, 7) is 0. The first kappa shape index (κ1) is 11.7. The average Bonchev–Trinajstić information content (AvgIpc) is 3.11. The summed E-state index contributed by atoms with van der Waals surface area (Å²) in [5.74, 6) is 1.63. The van der Waals surface area contributed by atoms with Gasteiger partial charge in [-0.2, -0.15) is 0 Å². The molecule has 100 valence electrons. The molecule has 0 amide bonds. The summed E-state index contributed by atoms with van der Waals surface area (Å²) in [6.07, 6.45) is 6.82. The van der Waals surface area contributed by atoms with E-state index >= 15 is 0 Å². The van der Waals surface area contributed by atoms with E-state index in [1.807, 2.05) is 18.3 Å². The van der Waals surface area contributed by atoms with Crippen molar-refractivity contribution in [2.24, 2.45) is 0 Å². The molecule has 4 rings (SSSR count). The Labute approximate surface area is 116 Å². The number of aryl methyl sites for hydroxylation is 1. The zero-order valence-electron chi connectivity index (χ0n) is 10.6. The summed E-state index contributed by atoms with van der Waals surface area (Å²) in [4.78, 5) is 9.21. The molecule has 2 fully saturated rings. The van der Waals surface area contributed by atoms with Crippen LogP contribution < -0.4 is 0 Å². The fourth-order valence-corrected chi connectivity index (χ4v) is 3.64. The molecule has 2 aromatic heterocycles. The zero-order valence-corrected chi connectivity index (χ0v) is 11.4. The van der Waals surface area contributed by atoms with Crippen molar-refractivity contribution in [1.82, 2.24) is 14.5 Å². The Morgan fingerprint density at radius 3 is 3.11 bits per heavy atom. The lowest BCUT2D eigenvalue weighted by Crippen LogP contribution is -2.23. The quantitative estimate of drug-likeness (QED) is 0.810. The van der Waals surface area contributed by atoms with Crippen molar-refractivity contribution in [2.45, 2.75) is 43.9 Å². The van der Waals surface area contributed by atoms with Crippen molar-refractivity contribution < 1.29 is 4.74 Å². The van der Waals surface area contributed by atoms with E-state index in [-0.39, 0.29) is 0 Å². The van der Waals surface area contributed by atoms with Gasteiger partial charge in [-0.15, -0.1) is 11.6 Å². The van der Waals surface area contributed by atoms with Crippen LogP contribution in [0.5, 0.6) is 0 Å². The number of pyridine rings is 1. The second-order valence-corrected chi connectivity index (χ2v) is 5.74. The summed E-state index contributed by atoms with van der Waals surface area (Å²) in [7, 11) is 0. The normalized spacial score (nSPS) is 29.4. The Kier molecular flexibility index (Phi) is 2.74. The molecule has 0 spiro atoms. The number of nitrogens with zero attached hydrogens (tertiary/aromatic N) is 3. The van der Waals surface area contributed by atoms with Gasteiger partial charge in [0.1, 0.15) is 11.3 Å². The third kappa shape index (κ3) is 1.77. The standard InChI is InChI=1S/C14H16ClN3O/c15-6-5-13-17-10-2-1-7-16-14(10)18(13)11-8-9-3-4-12(11)19-9/h1-2,7,9,11-12H,3-6,8H2. The van der Waals surface area contributed by atoms with E-state index in [0.29, 0.717) is 24.1 Å². The van der Waals surface area contributed by atoms with E-state index in [0.717, 1.165) is 36.3 Å². The van der Waals surface area contributed by atoms with Crippen molar-refractivity contribution in [3.8, 4) is 0 Å². The van der Waals surface area contributed by atoms with Gasteiger partial charge in [-0.05, 0) is 31.4 Å². The number of hydrogen-bond acceptors (Lipinski definition) is 3. The van der Waals surface area contributed by atoms with Crippen LogP contribution in [0, 0.1) is 0 Å². The minimum atomic E-state index is 0.332. The number of fused-ring (bicyclic) bond motifs is 3. The van der Waals surface area contributed by atoms with Crippen LogP contribution in [0.1, 0.15) is 31.1 Å². The van der Waals surface area contributed by atoms with Crippen LogP contribution in [-0.4, -0.2) is 32.6 Å². The molecule has 2 aliphatic rings. The number of hydrogen-bond donors (Lipinski definition) is 0. The van der Waals surface area contributed by atoms with Crippen molar-refractivity contribution >= 4 is 22.8 Å². The fourth-order valence-electron chi connectivity index (χ4n) is 3.47. The van der Waals surface area contributed by atoms with E-state index in [1.54, 1.807) is 0 Å². The van der Waals surface area contributed by atoms with Gasteiger partial charge in [-0.25, -0.2) is 9.97 Å². The Hall–Kier alpha value is -1.13. The third-order valence-corrected chi connectivity index (χ3v) is 4.43. The van der Waals surface area contributed by atoms with Gasteiger partial charge >= 0.3 is 0 Å². The van der Waals surface area contributed by atoms with Gasteiger partial charge < -0.3 is 9.30 Å². The fraction of sp³-hybridized carbons (Fsp3) is 0.571. The minimum Gasteiger partial charge on any atom is -0.373 e. The van der Waals surface area contributed by atoms with Crippen LogP contribution in [0.4, 0.5) is 0 Å². The summed E-state index contributed by atoms with van der Waals surface area (Å²) in [6, 6.07) is 4.34. The molecule has 0 saturated carbocycles. The van der Waals surface area contributed by atoms with Crippen LogP contribution in [0.3, 0.4) is 0 Å². The lowest BCUT2D eigenvalue weighted by atomic mass is 9.95. The molecule has 2 aliphatic heterocycles. The van der Waals surface area contributed by atoms with E-state index in [1.165, 1.54) is 6.42 Å². The predicted molar refractivity (Wildman–Crippen MR) is 73.5 cm³/mol. The highest BCUT2D eigenvalue weighted by molar-refractivity contribution is 6.17. The molecule has 19 heavy (non-hydrogen) atoms. The van der Waals surface area contributed by atoms with Crippen LogP contribution in [-0.2, 0) is 11.2 Å². The minimum absolute atomic E-state index is 0.332. The Balaban J connectivity index is 1.84. The van der Waals surface area contributed by atoms with E-state index in [4.69, 9.17) is 21.3 Å². The van der Waals surface area contributed by atoms with Crippen molar-refractivity contribution in [2.75, 3.05) is 5.88 Å². The lowest BCUT2D eigenvalue weighted by molar-refractivity contribution is 0.0939. The molecule has 0 aromatic carbocycles.